The number of hydrogen-bond acceptors (Lipinski definition) is 4. The highest BCUT2D eigenvalue weighted by molar-refractivity contribution is 7.92. The van der Waals surface area contributed by atoms with Gasteiger partial charge in [0.15, 0.2) is 0 Å². The summed E-state index contributed by atoms with van der Waals surface area (Å²) in [5.41, 5.74) is 10.3. The number of hydrogen-bond donors (Lipinski definition) is 2. The van der Waals surface area contributed by atoms with Crippen molar-refractivity contribution in [2.24, 2.45) is 11.5 Å². The van der Waals surface area contributed by atoms with Crippen LogP contribution in [-0.2, 0) is 14.8 Å². The molecule has 0 aromatic rings. The number of primary amides is 1. The molecule has 0 bridgehead atoms. The molecule has 1 heterocycles. The Balaban J connectivity index is 2.87. The summed E-state index contributed by atoms with van der Waals surface area (Å²) in [6.45, 7) is 0.304. The van der Waals surface area contributed by atoms with Gasteiger partial charge in [-0.05, 0) is 12.8 Å². The molecule has 15 heavy (non-hydrogen) atoms. The number of carbonyl (C=O) groups is 1. The van der Waals surface area contributed by atoms with E-state index < -0.39 is 27.7 Å². The van der Waals surface area contributed by atoms with Crippen LogP contribution in [0, 0.1) is 0 Å². The molecule has 0 saturated carbocycles. The van der Waals surface area contributed by atoms with Crippen molar-refractivity contribution < 1.29 is 13.2 Å². The van der Waals surface area contributed by atoms with E-state index >= 15 is 0 Å². The Kier molecular flexibility index (Phi) is 3.63. The van der Waals surface area contributed by atoms with Crippen LogP contribution in [-0.4, -0.2) is 42.0 Å². The fourth-order valence-corrected chi connectivity index (χ4v) is 3.60. The Morgan fingerprint density at radius 1 is 1.47 bits per heavy atom. The minimum atomic E-state index is -3.59. The second-order valence-corrected chi connectivity index (χ2v) is 5.84. The lowest BCUT2D eigenvalue weighted by Crippen LogP contribution is -2.46. The summed E-state index contributed by atoms with van der Waals surface area (Å²) in [4.78, 5) is 10.9. The van der Waals surface area contributed by atoms with Gasteiger partial charge < -0.3 is 11.5 Å². The lowest BCUT2D eigenvalue weighted by atomic mass is 10.2. The van der Waals surface area contributed by atoms with Gasteiger partial charge in [-0.1, -0.05) is 12.2 Å². The van der Waals surface area contributed by atoms with Crippen LogP contribution in [0.1, 0.15) is 12.8 Å². The van der Waals surface area contributed by atoms with E-state index in [2.05, 4.69) is 12.2 Å². The molecule has 0 aromatic carbocycles. The zero-order valence-corrected chi connectivity index (χ0v) is 9.68. The fourth-order valence-electron chi connectivity index (χ4n) is 1.62. The van der Waals surface area contributed by atoms with Gasteiger partial charge >= 0.3 is 0 Å². The summed E-state index contributed by atoms with van der Waals surface area (Å²) in [5, 5.41) is 0. The van der Waals surface area contributed by atoms with Crippen molar-refractivity contribution in [1.82, 2.24) is 4.31 Å². The molecule has 1 aliphatic rings. The molecule has 8 heteroatoms. The molecule has 86 valence electrons. The minimum Gasteiger partial charge on any atom is -0.392 e. The van der Waals surface area contributed by atoms with E-state index in [0.29, 0.717) is 19.4 Å². The Hall–Kier alpha value is -0.730. The zero-order chi connectivity index (χ0) is 11.6. The second-order valence-electron chi connectivity index (χ2n) is 3.39. The van der Waals surface area contributed by atoms with Gasteiger partial charge in [0, 0.05) is 6.54 Å². The average Bonchev–Trinajstić information content (AvgIpc) is 2.48. The predicted octanol–water partition coefficient (Wildman–Crippen LogP) is -1.45. The average molecular weight is 251 g/mol. The molecule has 1 atom stereocenters. The highest BCUT2D eigenvalue weighted by atomic mass is 32.2. The first-order valence-corrected chi connectivity index (χ1v) is 6.43. The molecule has 1 rings (SSSR count). The van der Waals surface area contributed by atoms with Crippen LogP contribution < -0.4 is 11.5 Å². The molecular formula is C7H13N3O3S2. The zero-order valence-electron chi connectivity index (χ0n) is 8.05. The van der Waals surface area contributed by atoms with Crippen LogP contribution in [0.4, 0.5) is 0 Å². The number of rotatable bonds is 4. The van der Waals surface area contributed by atoms with Gasteiger partial charge in [0.05, 0.1) is 4.99 Å². The summed E-state index contributed by atoms with van der Waals surface area (Å²) in [6, 6.07) is -0.746. The van der Waals surface area contributed by atoms with Crippen LogP contribution in [0.5, 0.6) is 0 Å². The van der Waals surface area contributed by atoms with Crippen molar-refractivity contribution >= 4 is 33.1 Å². The van der Waals surface area contributed by atoms with Crippen LogP contribution in [0.3, 0.4) is 0 Å². The van der Waals surface area contributed by atoms with Crippen molar-refractivity contribution in [3.8, 4) is 0 Å². The number of nitrogens with zero attached hydrogens (tertiary/aromatic N) is 1. The lowest BCUT2D eigenvalue weighted by molar-refractivity contribution is -0.121. The molecule has 0 aromatic heterocycles. The third-order valence-corrected chi connectivity index (χ3v) is 4.37. The van der Waals surface area contributed by atoms with E-state index in [9.17, 15) is 13.2 Å². The maximum absolute atomic E-state index is 11.7. The van der Waals surface area contributed by atoms with Crippen molar-refractivity contribution in [2.45, 2.75) is 18.9 Å². The first-order valence-electron chi connectivity index (χ1n) is 4.42. The number of sulfonamides is 1. The fraction of sp³-hybridized carbons (Fsp3) is 0.714. The maximum Gasteiger partial charge on any atom is 0.235 e. The number of amides is 1. The second kappa shape index (κ2) is 4.42. The predicted molar refractivity (Wildman–Crippen MR) is 59.5 cm³/mol. The van der Waals surface area contributed by atoms with E-state index in [1.807, 2.05) is 0 Å². The first-order chi connectivity index (χ1) is 6.84. The third kappa shape index (κ3) is 2.86. The molecular weight excluding hydrogens is 238 g/mol. The van der Waals surface area contributed by atoms with Gasteiger partial charge in [-0.3, -0.25) is 4.79 Å². The number of thiocarbonyl (C=S) groups is 1. The molecule has 0 spiro atoms. The first kappa shape index (κ1) is 12.3. The molecule has 4 N–H and O–H groups in total. The van der Waals surface area contributed by atoms with Crippen LogP contribution in [0.25, 0.3) is 0 Å². The van der Waals surface area contributed by atoms with Gasteiger partial charge in [-0.2, -0.15) is 4.31 Å². The SMILES string of the molecule is NC(=O)C1CCCN1S(=O)(=O)CC(N)=S. The Bertz CT molecular complexity index is 379. The van der Waals surface area contributed by atoms with Gasteiger partial charge in [-0.25, -0.2) is 8.42 Å². The summed E-state index contributed by atoms with van der Waals surface area (Å²) in [7, 11) is -3.59. The van der Waals surface area contributed by atoms with E-state index in [1.54, 1.807) is 0 Å². The Morgan fingerprint density at radius 3 is 2.53 bits per heavy atom. The normalized spacial score (nSPS) is 22.8. The van der Waals surface area contributed by atoms with Gasteiger partial charge in [0.25, 0.3) is 0 Å². The van der Waals surface area contributed by atoms with E-state index in [0.717, 1.165) is 4.31 Å². The topological polar surface area (TPSA) is 106 Å². The van der Waals surface area contributed by atoms with Gasteiger partial charge in [0.1, 0.15) is 11.8 Å². The lowest BCUT2D eigenvalue weighted by Gasteiger charge is -2.21. The highest BCUT2D eigenvalue weighted by Crippen LogP contribution is 2.20. The third-order valence-electron chi connectivity index (χ3n) is 2.21. The van der Waals surface area contributed by atoms with Gasteiger partial charge in [-0.15, -0.1) is 0 Å². The Morgan fingerprint density at radius 2 is 2.07 bits per heavy atom. The van der Waals surface area contributed by atoms with Crippen molar-refractivity contribution in [3.63, 3.8) is 0 Å². The number of carbonyl (C=O) groups excluding carboxylic acids is 1. The summed E-state index contributed by atoms with van der Waals surface area (Å²) >= 11 is 4.54. The molecule has 1 saturated heterocycles. The van der Waals surface area contributed by atoms with Crippen LogP contribution in [0.15, 0.2) is 0 Å². The highest BCUT2D eigenvalue weighted by Gasteiger charge is 2.37. The summed E-state index contributed by atoms with van der Waals surface area (Å²) < 4.78 is 24.5. The molecule has 0 aliphatic carbocycles. The molecule has 1 aliphatic heterocycles. The van der Waals surface area contributed by atoms with E-state index in [4.69, 9.17) is 11.5 Å². The molecule has 0 radical (unpaired) electrons. The smallest absolute Gasteiger partial charge is 0.235 e. The van der Waals surface area contributed by atoms with E-state index in [-0.39, 0.29) is 4.99 Å². The maximum atomic E-state index is 11.7. The van der Waals surface area contributed by atoms with Crippen molar-refractivity contribution in [1.29, 1.82) is 0 Å². The summed E-state index contributed by atoms with van der Waals surface area (Å²) in [5.74, 6) is -1.04. The largest absolute Gasteiger partial charge is 0.392 e. The standard InChI is InChI=1S/C7H13N3O3S2/c8-6(14)4-15(12,13)10-3-1-2-5(10)7(9)11/h5H,1-4H2,(H2,8,14)(H2,9,11). The number of nitrogens with two attached hydrogens (primary N) is 2. The van der Waals surface area contributed by atoms with Crippen molar-refractivity contribution in [3.05, 3.63) is 0 Å². The molecule has 1 amide bonds. The Labute approximate surface area is 93.6 Å². The van der Waals surface area contributed by atoms with Crippen LogP contribution in [0.2, 0.25) is 0 Å². The van der Waals surface area contributed by atoms with Crippen LogP contribution >= 0.6 is 12.2 Å². The van der Waals surface area contributed by atoms with E-state index in [1.165, 1.54) is 0 Å². The quantitative estimate of drug-likeness (QED) is 0.595. The summed E-state index contributed by atoms with van der Waals surface area (Å²) in [6.07, 6.45) is 1.09. The minimum absolute atomic E-state index is 0.106. The molecule has 1 unspecified atom stereocenters. The van der Waals surface area contributed by atoms with Gasteiger partial charge in [0.2, 0.25) is 15.9 Å². The molecule has 6 nitrogen and oxygen atoms in total. The van der Waals surface area contributed by atoms with Crippen molar-refractivity contribution in [2.75, 3.05) is 12.3 Å². The monoisotopic (exact) mass is 251 g/mol. The molecule has 1 fully saturated rings.